The highest BCUT2D eigenvalue weighted by molar-refractivity contribution is 7.10. The fourth-order valence-electron chi connectivity index (χ4n) is 2.37. The van der Waals surface area contributed by atoms with Crippen LogP contribution in [0, 0.1) is 11.8 Å². The Bertz CT molecular complexity index is 416. The molecule has 0 aromatic carbocycles. The minimum Gasteiger partial charge on any atom is -0.320 e. The van der Waals surface area contributed by atoms with Crippen molar-refractivity contribution in [3.63, 3.8) is 0 Å². The number of thiophene rings is 1. The van der Waals surface area contributed by atoms with Crippen LogP contribution in [0.3, 0.4) is 0 Å². The van der Waals surface area contributed by atoms with Crippen LogP contribution in [0.15, 0.2) is 17.5 Å². The molecule has 3 unspecified atom stereocenters. The van der Waals surface area contributed by atoms with Crippen LogP contribution in [-0.2, 0) is 4.79 Å². The normalized spacial score (nSPS) is 25.3. The number of nitrogens with zero attached hydrogens (tertiary/aromatic N) is 1. The van der Waals surface area contributed by atoms with Crippen LogP contribution < -0.4 is 5.32 Å². The molecule has 1 aliphatic rings. The highest BCUT2D eigenvalue weighted by atomic mass is 32.1. The van der Waals surface area contributed by atoms with Crippen LogP contribution in [-0.4, -0.2) is 23.4 Å². The third-order valence-electron chi connectivity index (χ3n) is 4.10. The molecule has 3 nitrogen and oxygen atoms in total. The molecule has 2 heterocycles. The second-order valence-corrected chi connectivity index (χ2v) is 6.74. The monoisotopic (exact) mass is 280 g/mol. The SMILES string of the molecule is CCC1NC(c2cccs2)N(CC(C)C(C)C)C1=O. The molecule has 19 heavy (non-hydrogen) atoms. The molecule has 1 aliphatic heterocycles. The van der Waals surface area contributed by atoms with Crippen molar-refractivity contribution in [2.75, 3.05) is 6.54 Å². The number of rotatable bonds is 5. The van der Waals surface area contributed by atoms with E-state index in [0.29, 0.717) is 11.8 Å². The van der Waals surface area contributed by atoms with Gasteiger partial charge in [-0.15, -0.1) is 11.3 Å². The molecule has 4 heteroatoms. The topological polar surface area (TPSA) is 32.3 Å². The van der Waals surface area contributed by atoms with E-state index in [1.165, 1.54) is 4.88 Å². The van der Waals surface area contributed by atoms with E-state index in [1.54, 1.807) is 11.3 Å². The minimum atomic E-state index is -0.0218. The summed E-state index contributed by atoms with van der Waals surface area (Å²) in [4.78, 5) is 15.7. The van der Waals surface area contributed by atoms with Crippen molar-refractivity contribution in [2.24, 2.45) is 11.8 Å². The Morgan fingerprint density at radius 3 is 2.68 bits per heavy atom. The summed E-state index contributed by atoms with van der Waals surface area (Å²) in [6.07, 6.45) is 0.923. The quantitative estimate of drug-likeness (QED) is 0.898. The van der Waals surface area contributed by atoms with Gasteiger partial charge in [0.1, 0.15) is 6.17 Å². The molecule has 1 aromatic heterocycles. The highest BCUT2D eigenvalue weighted by Crippen LogP contribution is 2.30. The Morgan fingerprint density at radius 2 is 2.16 bits per heavy atom. The maximum absolute atomic E-state index is 12.5. The summed E-state index contributed by atoms with van der Waals surface area (Å²) in [5.41, 5.74) is 0. The Morgan fingerprint density at radius 1 is 1.42 bits per heavy atom. The largest absolute Gasteiger partial charge is 0.320 e. The zero-order valence-corrected chi connectivity index (χ0v) is 13.0. The van der Waals surface area contributed by atoms with Crippen LogP contribution in [0.4, 0.5) is 0 Å². The van der Waals surface area contributed by atoms with Crippen molar-refractivity contribution in [2.45, 2.75) is 46.3 Å². The number of hydrogen-bond donors (Lipinski definition) is 1. The van der Waals surface area contributed by atoms with Gasteiger partial charge in [-0.2, -0.15) is 0 Å². The summed E-state index contributed by atoms with van der Waals surface area (Å²) in [5, 5.41) is 5.55. The molecule has 1 aromatic rings. The number of nitrogens with one attached hydrogen (secondary N) is 1. The summed E-state index contributed by atoms with van der Waals surface area (Å²) in [7, 11) is 0. The maximum Gasteiger partial charge on any atom is 0.241 e. The molecule has 0 bridgehead atoms. The fraction of sp³-hybridized carbons (Fsp3) is 0.667. The second-order valence-electron chi connectivity index (χ2n) is 5.76. The number of carbonyl (C=O) groups is 1. The lowest BCUT2D eigenvalue weighted by molar-refractivity contribution is -0.130. The van der Waals surface area contributed by atoms with Gasteiger partial charge in [0.05, 0.1) is 6.04 Å². The second kappa shape index (κ2) is 6.06. The molecule has 0 spiro atoms. The van der Waals surface area contributed by atoms with Crippen LogP contribution in [0.2, 0.25) is 0 Å². The molecule has 0 aliphatic carbocycles. The van der Waals surface area contributed by atoms with Crippen molar-refractivity contribution in [1.82, 2.24) is 10.2 Å². The van der Waals surface area contributed by atoms with Crippen LogP contribution in [0.1, 0.15) is 45.2 Å². The van der Waals surface area contributed by atoms with Gasteiger partial charge >= 0.3 is 0 Å². The first-order valence-corrected chi connectivity index (χ1v) is 8.02. The average molecular weight is 280 g/mol. The first-order valence-electron chi connectivity index (χ1n) is 7.14. The summed E-state index contributed by atoms with van der Waals surface area (Å²) in [6.45, 7) is 9.56. The molecule has 0 radical (unpaired) electrons. The molecule has 3 atom stereocenters. The molecule has 1 amide bonds. The van der Waals surface area contributed by atoms with Gasteiger partial charge < -0.3 is 4.90 Å². The summed E-state index contributed by atoms with van der Waals surface area (Å²) < 4.78 is 0. The van der Waals surface area contributed by atoms with Gasteiger partial charge in [-0.1, -0.05) is 33.8 Å². The lowest BCUT2D eigenvalue weighted by Crippen LogP contribution is -2.35. The fourth-order valence-corrected chi connectivity index (χ4v) is 3.17. The molecule has 106 valence electrons. The Labute approximate surface area is 120 Å². The van der Waals surface area contributed by atoms with E-state index in [9.17, 15) is 4.79 Å². The molecule has 2 rings (SSSR count). The Kier molecular flexibility index (Phi) is 4.63. The standard InChI is InChI=1S/C15H24N2OS/c1-5-12-15(18)17(9-11(4)10(2)3)14(16-12)13-7-6-8-19-13/h6-8,10-12,14,16H,5,9H2,1-4H3. The molecular weight excluding hydrogens is 256 g/mol. The van der Waals surface area contributed by atoms with Crippen molar-refractivity contribution < 1.29 is 4.79 Å². The lowest BCUT2D eigenvalue weighted by atomic mass is 9.97. The smallest absolute Gasteiger partial charge is 0.241 e. The third kappa shape index (κ3) is 3.00. The van der Waals surface area contributed by atoms with Gasteiger partial charge in [0, 0.05) is 11.4 Å². The van der Waals surface area contributed by atoms with Crippen molar-refractivity contribution in [1.29, 1.82) is 0 Å². The van der Waals surface area contributed by atoms with E-state index in [4.69, 9.17) is 0 Å². The van der Waals surface area contributed by atoms with Gasteiger partial charge in [-0.25, -0.2) is 0 Å². The zero-order chi connectivity index (χ0) is 14.0. The number of hydrogen-bond acceptors (Lipinski definition) is 3. The predicted octanol–water partition coefficient (Wildman–Crippen LogP) is 3.25. The van der Waals surface area contributed by atoms with Crippen LogP contribution >= 0.6 is 11.3 Å². The van der Waals surface area contributed by atoms with Gasteiger partial charge in [-0.3, -0.25) is 10.1 Å². The van der Waals surface area contributed by atoms with Crippen molar-refractivity contribution in [3.8, 4) is 0 Å². The predicted molar refractivity (Wildman–Crippen MR) is 80.0 cm³/mol. The van der Waals surface area contributed by atoms with E-state index < -0.39 is 0 Å². The van der Waals surface area contributed by atoms with E-state index in [-0.39, 0.29) is 18.1 Å². The first kappa shape index (κ1) is 14.5. The average Bonchev–Trinajstić information content (AvgIpc) is 2.99. The molecule has 1 N–H and O–H groups in total. The maximum atomic E-state index is 12.5. The van der Waals surface area contributed by atoms with Crippen LogP contribution in [0.5, 0.6) is 0 Å². The minimum absolute atomic E-state index is 0.0218. The summed E-state index contributed by atoms with van der Waals surface area (Å²) >= 11 is 1.72. The van der Waals surface area contributed by atoms with E-state index in [1.807, 2.05) is 4.90 Å². The molecular formula is C15H24N2OS. The first-order chi connectivity index (χ1) is 9.04. The molecule has 1 saturated heterocycles. The number of carbonyl (C=O) groups excluding carboxylic acids is 1. The van der Waals surface area contributed by atoms with Gasteiger partial charge in [-0.05, 0) is 29.7 Å². The van der Waals surface area contributed by atoms with Gasteiger partial charge in [0.25, 0.3) is 0 Å². The lowest BCUT2D eigenvalue weighted by Gasteiger charge is -2.28. The van der Waals surface area contributed by atoms with Gasteiger partial charge in [0.2, 0.25) is 5.91 Å². The van der Waals surface area contributed by atoms with Crippen molar-refractivity contribution in [3.05, 3.63) is 22.4 Å². The Balaban J connectivity index is 2.18. The van der Waals surface area contributed by atoms with Crippen molar-refractivity contribution >= 4 is 17.2 Å². The van der Waals surface area contributed by atoms with Crippen LogP contribution in [0.25, 0.3) is 0 Å². The third-order valence-corrected chi connectivity index (χ3v) is 5.02. The molecule has 0 saturated carbocycles. The summed E-state index contributed by atoms with van der Waals surface area (Å²) in [6, 6.07) is 4.14. The Hall–Kier alpha value is -0.870. The van der Waals surface area contributed by atoms with E-state index in [0.717, 1.165) is 13.0 Å². The zero-order valence-electron chi connectivity index (χ0n) is 12.2. The van der Waals surface area contributed by atoms with Gasteiger partial charge in [0.15, 0.2) is 0 Å². The summed E-state index contributed by atoms with van der Waals surface area (Å²) in [5.74, 6) is 1.37. The molecule has 1 fully saturated rings. The van der Waals surface area contributed by atoms with E-state index >= 15 is 0 Å². The highest BCUT2D eigenvalue weighted by Gasteiger charge is 2.39. The van der Waals surface area contributed by atoms with E-state index in [2.05, 4.69) is 50.5 Å². The number of amides is 1.